The second-order valence-corrected chi connectivity index (χ2v) is 15.0. The van der Waals surface area contributed by atoms with E-state index in [1.165, 1.54) is 6.07 Å². The van der Waals surface area contributed by atoms with Gasteiger partial charge in [-0.05, 0) is 105 Å². The van der Waals surface area contributed by atoms with Crippen molar-refractivity contribution >= 4 is 28.2 Å². The summed E-state index contributed by atoms with van der Waals surface area (Å²) in [6.45, 7) is 5.56. The number of carbonyl (C=O) groups is 1. The van der Waals surface area contributed by atoms with E-state index in [0.29, 0.717) is 77.6 Å². The maximum atomic E-state index is 13.5. The Hall–Kier alpha value is -6.15. The minimum absolute atomic E-state index is 0.0868. The molecular formula is C43H38F2N6O5. The van der Waals surface area contributed by atoms with E-state index in [-0.39, 0.29) is 23.3 Å². The van der Waals surface area contributed by atoms with Gasteiger partial charge in [-0.15, -0.1) is 0 Å². The summed E-state index contributed by atoms with van der Waals surface area (Å²) in [7, 11) is 0. The van der Waals surface area contributed by atoms with Crippen LogP contribution in [-0.4, -0.2) is 63.1 Å². The molecule has 8 rings (SSSR count). The first kappa shape index (κ1) is 36.8. The quantitative estimate of drug-likeness (QED) is 0.143. The van der Waals surface area contributed by atoms with Crippen LogP contribution in [0.3, 0.4) is 0 Å². The molecule has 2 aliphatic rings. The van der Waals surface area contributed by atoms with Crippen molar-refractivity contribution in [1.29, 1.82) is 10.5 Å². The number of hydrogen-bond donors (Lipinski definition) is 1. The van der Waals surface area contributed by atoms with Gasteiger partial charge in [0.05, 0.1) is 17.0 Å². The molecular weight excluding hydrogens is 719 g/mol. The summed E-state index contributed by atoms with van der Waals surface area (Å²) >= 11 is 0. The zero-order valence-corrected chi connectivity index (χ0v) is 31.1. The van der Waals surface area contributed by atoms with Crippen LogP contribution in [0.5, 0.6) is 5.75 Å². The number of benzene rings is 4. The van der Waals surface area contributed by atoms with Crippen LogP contribution >= 0.6 is 0 Å². The monoisotopic (exact) mass is 756 g/mol. The highest BCUT2D eigenvalue weighted by molar-refractivity contribution is 5.86. The van der Waals surface area contributed by atoms with E-state index in [9.17, 15) is 29.2 Å². The minimum Gasteiger partial charge on any atom is -0.480 e. The molecule has 4 heterocycles. The zero-order chi connectivity index (χ0) is 39.3. The average Bonchev–Trinajstić information content (AvgIpc) is 3.98. The number of hydrogen-bond acceptors (Lipinski definition) is 10. The summed E-state index contributed by atoms with van der Waals surface area (Å²) in [6, 6.07) is 22.4. The number of ether oxygens (including phenoxy) is 1. The lowest BCUT2D eigenvalue weighted by Gasteiger charge is -2.22. The molecule has 4 aromatic carbocycles. The number of oxazole rings is 2. The third-order valence-electron chi connectivity index (χ3n) is 11.1. The van der Waals surface area contributed by atoms with Crippen LogP contribution in [0.4, 0.5) is 8.78 Å². The molecule has 0 amide bonds. The van der Waals surface area contributed by atoms with Gasteiger partial charge in [0.1, 0.15) is 28.9 Å². The molecule has 6 aromatic rings. The molecule has 2 fully saturated rings. The van der Waals surface area contributed by atoms with E-state index < -0.39 is 18.6 Å². The highest BCUT2D eigenvalue weighted by Gasteiger charge is 2.34. The van der Waals surface area contributed by atoms with Crippen LogP contribution in [0.15, 0.2) is 69.5 Å². The molecule has 1 unspecified atom stereocenters. The molecule has 1 N–H and O–H groups in total. The number of nitrogens with zero attached hydrogens (tertiary/aromatic N) is 6. The van der Waals surface area contributed by atoms with Gasteiger partial charge in [0, 0.05) is 48.9 Å². The maximum Gasteiger partial charge on any atom is 0.387 e. The van der Waals surface area contributed by atoms with E-state index in [4.69, 9.17) is 23.5 Å². The van der Waals surface area contributed by atoms with Crippen molar-refractivity contribution in [2.24, 2.45) is 5.41 Å². The standard InChI is InChI=1S/C43H38F2N6O5/c1-24-29(7-4-9-31(24)39-48-33-17-28(21-51-13-6-11-35(51)41(52)53)36(55-42(44)45)18-37(33)54-39)30-8-5-10-32(25(30)2)40-49-34-16-26(15-27(19-46)38(34)56-40)20-50-14-12-43(3,22-47)23-50/h4-5,7-10,15-18,35,42H,6,11-14,20-21,23H2,1-3H3,(H,52,53)/t35-,43?/m0/s1. The first-order valence-electron chi connectivity index (χ1n) is 18.5. The molecule has 0 radical (unpaired) electrons. The molecule has 0 spiro atoms. The Morgan fingerprint density at radius 3 is 2.29 bits per heavy atom. The first-order chi connectivity index (χ1) is 26.9. The van der Waals surface area contributed by atoms with Gasteiger partial charge in [-0.1, -0.05) is 24.3 Å². The Morgan fingerprint density at radius 1 is 0.964 bits per heavy atom. The molecule has 56 heavy (non-hydrogen) atoms. The van der Waals surface area contributed by atoms with Crippen LogP contribution in [0.1, 0.15) is 54.0 Å². The van der Waals surface area contributed by atoms with Gasteiger partial charge in [-0.2, -0.15) is 19.3 Å². The van der Waals surface area contributed by atoms with Gasteiger partial charge >= 0.3 is 12.6 Å². The molecule has 0 saturated carbocycles. The van der Waals surface area contributed by atoms with Crippen molar-refractivity contribution in [3.8, 4) is 51.9 Å². The van der Waals surface area contributed by atoms with Crippen molar-refractivity contribution in [3.05, 3.63) is 88.5 Å². The predicted molar refractivity (Wildman–Crippen MR) is 203 cm³/mol. The van der Waals surface area contributed by atoms with E-state index in [0.717, 1.165) is 46.3 Å². The van der Waals surface area contributed by atoms with Gasteiger partial charge in [0.25, 0.3) is 0 Å². The van der Waals surface area contributed by atoms with Crippen LogP contribution in [0, 0.1) is 41.9 Å². The number of alkyl halides is 2. The number of carboxylic acid groups (broad SMARTS) is 1. The second-order valence-electron chi connectivity index (χ2n) is 15.0. The molecule has 11 nitrogen and oxygen atoms in total. The van der Waals surface area contributed by atoms with Gasteiger partial charge in [-0.3, -0.25) is 14.6 Å². The van der Waals surface area contributed by atoms with Crippen LogP contribution in [0.25, 0.3) is 56.2 Å². The summed E-state index contributed by atoms with van der Waals surface area (Å²) in [6.07, 6.45) is 1.98. The van der Waals surface area contributed by atoms with E-state index in [1.807, 2.05) is 69.3 Å². The van der Waals surface area contributed by atoms with Crippen LogP contribution < -0.4 is 4.74 Å². The molecule has 0 aliphatic carbocycles. The molecule has 2 atom stereocenters. The normalized spacial score (nSPS) is 18.9. The topological polar surface area (TPSA) is 153 Å². The SMILES string of the molecule is Cc1c(-c2nc3cc(CN4CCC[C@H]4C(=O)O)c(OC(F)F)cc3o2)cccc1-c1cccc(-c2nc3cc(CN4CCC(C)(C#N)C4)cc(C#N)c3o2)c1C. The lowest BCUT2D eigenvalue weighted by Crippen LogP contribution is -2.35. The van der Waals surface area contributed by atoms with E-state index in [2.05, 4.69) is 17.0 Å². The van der Waals surface area contributed by atoms with Crippen molar-refractivity contribution in [1.82, 2.24) is 19.8 Å². The Balaban J connectivity index is 1.12. The highest BCUT2D eigenvalue weighted by atomic mass is 19.3. The number of halogens is 2. The third kappa shape index (κ3) is 6.85. The third-order valence-corrected chi connectivity index (χ3v) is 11.1. The summed E-state index contributed by atoms with van der Waals surface area (Å²) in [4.78, 5) is 25.4. The fourth-order valence-corrected chi connectivity index (χ4v) is 8.20. The number of aromatic nitrogens is 2. The number of likely N-dealkylation sites (tertiary alicyclic amines) is 2. The van der Waals surface area contributed by atoms with Gasteiger partial charge in [0.2, 0.25) is 11.8 Å². The van der Waals surface area contributed by atoms with Gasteiger partial charge < -0.3 is 18.7 Å². The Morgan fingerprint density at radius 2 is 1.64 bits per heavy atom. The number of rotatable bonds is 10. The van der Waals surface area contributed by atoms with E-state index in [1.54, 1.807) is 11.0 Å². The van der Waals surface area contributed by atoms with Gasteiger partial charge in [-0.25, -0.2) is 9.97 Å². The Kier molecular flexibility index (Phi) is 9.53. The number of fused-ring (bicyclic) bond motifs is 2. The Labute approximate surface area is 321 Å². The van der Waals surface area contributed by atoms with Crippen LogP contribution in [0.2, 0.25) is 0 Å². The Bertz CT molecular complexity index is 2600. The molecule has 2 aromatic heterocycles. The fraction of sp³-hybridized carbons (Fsp3) is 0.326. The summed E-state index contributed by atoms with van der Waals surface area (Å²) in [5, 5.41) is 29.3. The van der Waals surface area contributed by atoms with Crippen molar-refractivity contribution in [3.63, 3.8) is 0 Å². The summed E-state index contributed by atoms with van der Waals surface area (Å²) in [5.41, 5.74) is 8.12. The molecule has 284 valence electrons. The minimum atomic E-state index is -3.08. The first-order valence-corrected chi connectivity index (χ1v) is 18.5. The molecule has 0 bridgehead atoms. The predicted octanol–water partition coefficient (Wildman–Crippen LogP) is 8.84. The number of aliphatic carboxylic acids is 1. The lowest BCUT2D eigenvalue weighted by molar-refractivity contribution is -0.142. The largest absolute Gasteiger partial charge is 0.480 e. The van der Waals surface area contributed by atoms with Crippen molar-refractivity contribution < 1.29 is 32.3 Å². The number of nitriles is 2. The lowest BCUT2D eigenvalue weighted by atomic mass is 9.91. The van der Waals surface area contributed by atoms with Crippen molar-refractivity contribution in [2.75, 3.05) is 19.6 Å². The summed E-state index contributed by atoms with van der Waals surface area (Å²) < 4.78 is 44.3. The smallest absolute Gasteiger partial charge is 0.387 e. The maximum absolute atomic E-state index is 13.5. The average molecular weight is 757 g/mol. The van der Waals surface area contributed by atoms with E-state index >= 15 is 0 Å². The van der Waals surface area contributed by atoms with Gasteiger partial charge in [0.15, 0.2) is 11.2 Å². The second kappa shape index (κ2) is 14.5. The fourth-order valence-electron chi connectivity index (χ4n) is 8.20. The molecule has 2 saturated heterocycles. The van der Waals surface area contributed by atoms with Crippen LogP contribution in [-0.2, 0) is 17.9 Å². The van der Waals surface area contributed by atoms with Crippen molar-refractivity contribution in [2.45, 2.75) is 65.8 Å². The summed E-state index contributed by atoms with van der Waals surface area (Å²) in [5.74, 6) is -0.352. The number of carboxylic acids is 1. The molecule has 13 heteroatoms. The highest BCUT2D eigenvalue weighted by Crippen LogP contribution is 2.40. The molecule has 2 aliphatic heterocycles. The zero-order valence-electron chi connectivity index (χ0n) is 31.1.